The number of aromatic nitrogens is 3. The Morgan fingerprint density at radius 1 is 1.52 bits per heavy atom. The van der Waals surface area contributed by atoms with Gasteiger partial charge in [0.1, 0.15) is 5.76 Å². The Kier molecular flexibility index (Phi) is 4.90. The maximum absolute atomic E-state index is 11.1. The van der Waals surface area contributed by atoms with Gasteiger partial charge in [0.2, 0.25) is 11.9 Å². The van der Waals surface area contributed by atoms with Crippen LogP contribution in [0.15, 0.2) is 28.0 Å². The van der Waals surface area contributed by atoms with Gasteiger partial charge in [-0.1, -0.05) is 18.7 Å². The second-order valence-corrected chi connectivity index (χ2v) is 6.84. The molecule has 23 heavy (non-hydrogen) atoms. The minimum atomic E-state index is -0.365. The van der Waals surface area contributed by atoms with Crippen molar-refractivity contribution in [3.8, 4) is 0 Å². The van der Waals surface area contributed by atoms with E-state index in [4.69, 9.17) is 10.2 Å². The lowest BCUT2D eigenvalue weighted by molar-refractivity contribution is -0.115. The van der Waals surface area contributed by atoms with Gasteiger partial charge in [0.25, 0.3) is 0 Å². The molecule has 0 aliphatic carbocycles. The third kappa shape index (κ3) is 3.87. The molecule has 3 rings (SSSR count). The fourth-order valence-electron chi connectivity index (χ4n) is 2.83. The molecule has 1 unspecified atom stereocenters. The van der Waals surface area contributed by atoms with Crippen LogP contribution in [-0.4, -0.2) is 39.5 Å². The van der Waals surface area contributed by atoms with Gasteiger partial charge in [-0.3, -0.25) is 9.36 Å². The summed E-state index contributed by atoms with van der Waals surface area (Å²) in [6.07, 6.45) is 4.04. The second-order valence-electron chi connectivity index (χ2n) is 5.90. The summed E-state index contributed by atoms with van der Waals surface area (Å²) in [5.41, 5.74) is 5.25. The van der Waals surface area contributed by atoms with Gasteiger partial charge >= 0.3 is 0 Å². The van der Waals surface area contributed by atoms with E-state index in [-0.39, 0.29) is 11.7 Å². The normalized spacial score (nSPS) is 18.3. The Morgan fingerprint density at radius 3 is 3.09 bits per heavy atom. The lowest BCUT2D eigenvalue weighted by Crippen LogP contribution is -2.36. The van der Waals surface area contributed by atoms with Gasteiger partial charge in [-0.05, 0) is 30.9 Å². The van der Waals surface area contributed by atoms with Gasteiger partial charge in [0.15, 0.2) is 5.16 Å². The number of amides is 1. The molecule has 0 saturated carbocycles. The molecule has 1 saturated heterocycles. The van der Waals surface area contributed by atoms with Crippen LogP contribution in [0.25, 0.3) is 0 Å². The van der Waals surface area contributed by atoms with Crippen molar-refractivity contribution in [3.05, 3.63) is 24.2 Å². The summed E-state index contributed by atoms with van der Waals surface area (Å²) < 4.78 is 7.46. The summed E-state index contributed by atoms with van der Waals surface area (Å²) in [5, 5.41) is 9.30. The van der Waals surface area contributed by atoms with Crippen molar-refractivity contribution in [3.63, 3.8) is 0 Å². The summed E-state index contributed by atoms with van der Waals surface area (Å²) in [4.78, 5) is 13.3. The molecule has 1 aliphatic rings. The minimum Gasteiger partial charge on any atom is -0.467 e. The molecule has 1 fully saturated rings. The number of anilines is 1. The van der Waals surface area contributed by atoms with E-state index in [1.807, 2.05) is 16.7 Å². The number of hydrogen-bond acceptors (Lipinski definition) is 6. The summed E-state index contributed by atoms with van der Waals surface area (Å²) in [5.74, 6) is 2.12. The molecule has 1 amide bonds. The van der Waals surface area contributed by atoms with E-state index >= 15 is 0 Å². The number of piperidine rings is 1. The third-order valence-corrected chi connectivity index (χ3v) is 4.86. The maximum Gasteiger partial charge on any atom is 0.228 e. The van der Waals surface area contributed by atoms with Crippen molar-refractivity contribution in [2.45, 2.75) is 31.5 Å². The van der Waals surface area contributed by atoms with E-state index in [0.29, 0.717) is 17.6 Å². The lowest BCUT2D eigenvalue weighted by atomic mass is 10.0. The number of rotatable bonds is 6. The van der Waals surface area contributed by atoms with Crippen molar-refractivity contribution in [1.82, 2.24) is 14.8 Å². The van der Waals surface area contributed by atoms with E-state index in [1.165, 1.54) is 18.2 Å². The number of thioether (sulfide) groups is 1. The molecule has 1 atom stereocenters. The Labute approximate surface area is 139 Å². The van der Waals surface area contributed by atoms with Crippen LogP contribution in [0, 0.1) is 5.92 Å². The van der Waals surface area contributed by atoms with E-state index in [2.05, 4.69) is 22.0 Å². The van der Waals surface area contributed by atoms with Gasteiger partial charge < -0.3 is 15.1 Å². The standard InChI is InChI=1S/C15H21N5O2S/c1-11-4-2-6-19(8-11)14-17-18-15(23-10-13(16)21)20(14)9-12-5-3-7-22-12/h3,5,7,11H,2,4,6,8-10H2,1H3,(H2,16,21). The molecule has 3 heterocycles. The first kappa shape index (κ1) is 15.9. The number of primary amides is 1. The van der Waals surface area contributed by atoms with E-state index in [1.54, 1.807) is 6.26 Å². The number of nitrogens with zero attached hydrogens (tertiary/aromatic N) is 4. The fourth-order valence-corrected chi connectivity index (χ4v) is 3.50. The molecule has 8 heteroatoms. The zero-order valence-corrected chi connectivity index (χ0v) is 14.0. The van der Waals surface area contributed by atoms with Crippen LogP contribution in [0.5, 0.6) is 0 Å². The van der Waals surface area contributed by atoms with Crippen molar-refractivity contribution in [1.29, 1.82) is 0 Å². The summed E-state index contributed by atoms with van der Waals surface area (Å²) in [7, 11) is 0. The van der Waals surface area contributed by atoms with Crippen molar-refractivity contribution in [2.24, 2.45) is 11.7 Å². The quantitative estimate of drug-likeness (QED) is 0.809. The average Bonchev–Trinajstić information content (AvgIpc) is 3.15. The maximum atomic E-state index is 11.1. The molecule has 1 aliphatic heterocycles. The molecular formula is C15H21N5O2S. The first-order chi connectivity index (χ1) is 11.1. The van der Waals surface area contributed by atoms with Gasteiger partial charge in [-0.15, -0.1) is 10.2 Å². The van der Waals surface area contributed by atoms with E-state index in [0.717, 1.165) is 31.2 Å². The molecule has 2 N–H and O–H groups in total. The molecule has 0 radical (unpaired) electrons. The van der Waals surface area contributed by atoms with Crippen LogP contribution in [0.1, 0.15) is 25.5 Å². The van der Waals surface area contributed by atoms with E-state index in [9.17, 15) is 4.79 Å². The Morgan fingerprint density at radius 2 is 2.39 bits per heavy atom. The SMILES string of the molecule is CC1CCCN(c2nnc(SCC(N)=O)n2Cc2ccco2)C1. The largest absolute Gasteiger partial charge is 0.467 e. The van der Waals surface area contributed by atoms with Gasteiger partial charge in [-0.25, -0.2) is 0 Å². The Hall–Kier alpha value is -1.96. The van der Waals surface area contributed by atoms with Crippen LogP contribution < -0.4 is 10.6 Å². The van der Waals surface area contributed by atoms with Crippen LogP contribution in [0.2, 0.25) is 0 Å². The highest BCUT2D eigenvalue weighted by molar-refractivity contribution is 7.99. The van der Waals surface area contributed by atoms with Crippen LogP contribution in [0.4, 0.5) is 5.95 Å². The zero-order chi connectivity index (χ0) is 16.2. The molecular weight excluding hydrogens is 314 g/mol. The minimum absolute atomic E-state index is 0.187. The molecule has 7 nitrogen and oxygen atoms in total. The molecule has 0 aromatic carbocycles. The summed E-state index contributed by atoms with van der Waals surface area (Å²) in [6, 6.07) is 3.78. The third-order valence-electron chi connectivity index (χ3n) is 3.87. The van der Waals surface area contributed by atoms with Crippen molar-refractivity contribution in [2.75, 3.05) is 23.7 Å². The highest BCUT2D eigenvalue weighted by Gasteiger charge is 2.24. The first-order valence-corrected chi connectivity index (χ1v) is 8.73. The van der Waals surface area contributed by atoms with Crippen LogP contribution in [0.3, 0.4) is 0 Å². The molecule has 0 spiro atoms. The number of carbonyl (C=O) groups is 1. The predicted molar refractivity (Wildman–Crippen MR) is 88.4 cm³/mol. The fraction of sp³-hybridized carbons (Fsp3) is 0.533. The van der Waals surface area contributed by atoms with Crippen molar-refractivity contribution >= 4 is 23.6 Å². The lowest BCUT2D eigenvalue weighted by Gasteiger charge is -2.31. The number of furan rings is 1. The number of nitrogens with two attached hydrogens (primary N) is 1. The average molecular weight is 335 g/mol. The van der Waals surface area contributed by atoms with Crippen LogP contribution >= 0.6 is 11.8 Å². The topological polar surface area (TPSA) is 90.2 Å². The summed E-state index contributed by atoms with van der Waals surface area (Å²) in [6.45, 7) is 4.74. The van der Waals surface area contributed by atoms with Crippen molar-refractivity contribution < 1.29 is 9.21 Å². The van der Waals surface area contributed by atoms with Gasteiger partial charge in [-0.2, -0.15) is 0 Å². The first-order valence-electron chi connectivity index (χ1n) is 7.75. The Bertz CT molecular complexity index is 655. The predicted octanol–water partition coefficient (Wildman–Crippen LogP) is 1.73. The molecule has 124 valence electrons. The molecule has 0 bridgehead atoms. The van der Waals surface area contributed by atoms with E-state index < -0.39 is 0 Å². The van der Waals surface area contributed by atoms with Gasteiger partial charge in [0, 0.05) is 13.1 Å². The highest BCUT2D eigenvalue weighted by Crippen LogP contribution is 2.26. The van der Waals surface area contributed by atoms with Crippen LogP contribution in [-0.2, 0) is 11.3 Å². The Balaban J connectivity index is 1.86. The summed E-state index contributed by atoms with van der Waals surface area (Å²) >= 11 is 1.31. The number of hydrogen-bond donors (Lipinski definition) is 1. The smallest absolute Gasteiger partial charge is 0.228 e. The second kappa shape index (κ2) is 7.08. The highest BCUT2D eigenvalue weighted by atomic mass is 32.2. The molecule has 2 aromatic heterocycles. The zero-order valence-electron chi connectivity index (χ0n) is 13.1. The molecule has 2 aromatic rings. The van der Waals surface area contributed by atoms with Gasteiger partial charge in [0.05, 0.1) is 18.6 Å². The number of carbonyl (C=O) groups excluding carboxylic acids is 1. The monoisotopic (exact) mass is 335 g/mol.